The van der Waals surface area contributed by atoms with E-state index in [0.29, 0.717) is 10.5 Å². The summed E-state index contributed by atoms with van der Waals surface area (Å²) in [6.07, 6.45) is 0.738. The lowest BCUT2D eigenvalue weighted by molar-refractivity contribution is 0.406. The van der Waals surface area contributed by atoms with Gasteiger partial charge < -0.3 is 4.74 Å². The Balaban J connectivity index is 2.17. The second-order valence-electron chi connectivity index (χ2n) is 7.00. The second kappa shape index (κ2) is 6.37. The van der Waals surface area contributed by atoms with Crippen LogP contribution < -0.4 is 9.04 Å². The fourth-order valence-electron chi connectivity index (χ4n) is 3.59. The van der Waals surface area contributed by atoms with Crippen molar-refractivity contribution in [3.8, 4) is 5.75 Å². The lowest BCUT2D eigenvalue weighted by Gasteiger charge is -2.26. The smallest absolute Gasteiger partial charge is 0.264 e. The highest BCUT2D eigenvalue weighted by Gasteiger charge is 2.37. The van der Waals surface area contributed by atoms with E-state index in [0.717, 1.165) is 29.0 Å². The molecule has 0 spiro atoms. The minimum atomic E-state index is -3.64. The molecule has 0 amide bonds. The van der Waals surface area contributed by atoms with E-state index in [1.807, 2.05) is 58.0 Å². The molecule has 0 aliphatic carbocycles. The van der Waals surface area contributed by atoms with Crippen LogP contribution >= 0.6 is 0 Å². The van der Waals surface area contributed by atoms with Crippen LogP contribution in [0.25, 0.3) is 0 Å². The molecule has 0 bridgehead atoms. The van der Waals surface area contributed by atoms with Gasteiger partial charge in [0, 0.05) is 6.04 Å². The Kier molecular flexibility index (Phi) is 4.54. The van der Waals surface area contributed by atoms with Crippen LogP contribution in [-0.4, -0.2) is 21.6 Å². The maximum absolute atomic E-state index is 13.5. The van der Waals surface area contributed by atoms with Gasteiger partial charge in [-0.05, 0) is 61.1 Å². The first-order valence-electron chi connectivity index (χ1n) is 8.58. The van der Waals surface area contributed by atoms with Crippen molar-refractivity contribution in [2.45, 2.75) is 51.0 Å². The molecule has 4 nitrogen and oxygen atoms in total. The molecule has 1 heterocycles. The lowest BCUT2D eigenvalue weighted by atomic mass is 10.0. The molecule has 2 aromatic rings. The van der Waals surface area contributed by atoms with E-state index >= 15 is 0 Å². The lowest BCUT2D eigenvalue weighted by Crippen LogP contribution is -2.36. The number of sulfonamides is 1. The number of benzene rings is 2. The molecule has 2 aromatic carbocycles. The summed E-state index contributed by atoms with van der Waals surface area (Å²) >= 11 is 0. The van der Waals surface area contributed by atoms with Crippen molar-refractivity contribution in [3.05, 3.63) is 53.1 Å². The topological polar surface area (TPSA) is 46.6 Å². The van der Waals surface area contributed by atoms with Crippen LogP contribution in [-0.2, 0) is 16.4 Å². The summed E-state index contributed by atoms with van der Waals surface area (Å²) in [6, 6.07) is 11.3. The summed E-state index contributed by atoms with van der Waals surface area (Å²) in [5, 5.41) is 0. The Morgan fingerprint density at radius 3 is 2.52 bits per heavy atom. The predicted molar refractivity (Wildman–Crippen MR) is 101 cm³/mol. The Morgan fingerprint density at radius 2 is 1.88 bits per heavy atom. The number of para-hydroxylation sites is 1. The van der Waals surface area contributed by atoms with Crippen molar-refractivity contribution in [1.29, 1.82) is 0 Å². The molecule has 5 heteroatoms. The highest BCUT2D eigenvalue weighted by molar-refractivity contribution is 7.93. The molecule has 0 fully saturated rings. The van der Waals surface area contributed by atoms with Gasteiger partial charge in [-0.3, -0.25) is 4.31 Å². The third-order valence-electron chi connectivity index (χ3n) is 4.83. The third-order valence-corrected chi connectivity index (χ3v) is 6.90. The van der Waals surface area contributed by atoms with Gasteiger partial charge >= 0.3 is 0 Å². The number of aryl methyl sites for hydroxylation is 1. The zero-order valence-electron chi connectivity index (χ0n) is 15.4. The van der Waals surface area contributed by atoms with Gasteiger partial charge in [0.15, 0.2) is 0 Å². The Hall–Kier alpha value is -2.01. The van der Waals surface area contributed by atoms with Gasteiger partial charge in [-0.2, -0.15) is 0 Å². The molecule has 25 heavy (non-hydrogen) atoms. The maximum atomic E-state index is 13.5. The first-order valence-corrected chi connectivity index (χ1v) is 10.0. The number of hydrogen-bond donors (Lipinski definition) is 0. The van der Waals surface area contributed by atoms with E-state index in [1.165, 1.54) is 0 Å². The molecular formula is C20H25NO3S. The van der Waals surface area contributed by atoms with Gasteiger partial charge in [0.25, 0.3) is 10.0 Å². The van der Waals surface area contributed by atoms with Crippen LogP contribution in [0.3, 0.4) is 0 Å². The second-order valence-corrected chi connectivity index (χ2v) is 8.78. The van der Waals surface area contributed by atoms with Crippen LogP contribution in [0.4, 0.5) is 5.69 Å². The largest absolute Gasteiger partial charge is 0.496 e. The number of fused-ring (bicyclic) bond motifs is 1. The number of ether oxygens (including phenoxy) is 1. The van der Waals surface area contributed by atoms with Crippen LogP contribution in [0, 0.1) is 6.92 Å². The average Bonchev–Trinajstić information content (AvgIpc) is 2.90. The minimum Gasteiger partial charge on any atom is -0.496 e. The van der Waals surface area contributed by atoms with Gasteiger partial charge in [-0.1, -0.05) is 32.0 Å². The molecule has 1 atom stereocenters. The molecule has 3 rings (SSSR count). The molecule has 1 aliphatic rings. The summed E-state index contributed by atoms with van der Waals surface area (Å²) < 4.78 is 34.0. The summed E-state index contributed by atoms with van der Waals surface area (Å²) in [7, 11) is -2.02. The van der Waals surface area contributed by atoms with Gasteiger partial charge in [-0.15, -0.1) is 0 Å². The number of methoxy groups -OCH3 is 1. The summed E-state index contributed by atoms with van der Waals surface area (Å²) in [5.41, 5.74) is 3.48. The first kappa shape index (κ1) is 17.8. The van der Waals surface area contributed by atoms with E-state index in [2.05, 4.69) is 0 Å². The number of rotatable bonds is 4. The predicted octanol–water partition coefficient (Wildman–Crippen LogP) is 4.27. The molecule has 0 N–H and O–H groups in total. The summed E-state index contributed by atoms with van der Waals surface area (Å²) in [5.74, 6) is 0.911. The van der Waals surface area contributed by atoms with Crippen molar-refractivity contribution in [3.63, 3.8) is 0 Å². The zero-order valence-corrected chi connectivity index (χ0v) is 16.2. The number of anilines is 1. The van der Waals surface area contributed by atoms with Gasteiger partial charge in [-0.25, -0.2) is 8.42 Å². The first-order chi connectivity index (χ1) is 11.8. The molecule has 0 saturated carbocycles. The molecular weight excluding hydrogens is 334 g/mol. The van der Waals surface area contributed by atoms with E-state index in [-0.39, 0.29) is 12.0 Å². The number of nitrogens with zero attached hydrogens (tertiary/aromatic N) is 1. The van der Waals surface area contributed by atoms with Crippen molar-refractivity contribution in [2.24, 2.45) is 0 Å². The number of hydrogen-bond acceptors (Lipinski definition) is 3. The monoisotopic (exact) mass is 359 g/mol. The molecule has 0 radical (unpaired) electrons. The van der Waals surface area contributed by atoms with Crippen LogP contribution in [0.2, 0.25) is 0 Å². The fourth-order valence-corrected chi connectivity index (χ4v) is 5.53. The highest BCUT2D eigenvalue weighted by Crippen LogP contribution is 2.39. The average molecular weight is 359 g/mol. The van der Waals surface area contributed by atoms with E-state index in [4.69, 9.17) is 4.74 Å². The minimum absolute atomic E-state index is 0.0913. The SMILES string of the molecule is COc1cc(C)c(S(=O)(=O)N2c3ccccc3C[C@H]2C)cc1C(C)C. The summed E-state index contributed by atoms with van der Waals surface area (Å²) in [6.45, 7) is 7.86. The van der Waals surface area contributed by atoms with Crippen LogP contribution in [0.15, 0.2) is 41.3 Å². The Labute approximate surface area is 150 Å². The van der Waals surface area contributed by atoms with Crippen LogP contribution in [0.5, 0.6) is 5.75 Å². The van der Waals surface area contributed by atoms with Gasteiger partial charge in [0.1, 0.15) is 5.75 Å². The van der Waals surface area contributed by atoms with Crippen molar-refractivity contribution >= 4 is 15.7 Å². The van der Waals surface area contributed by atoms with Crippen molar-refractivity contribution in [1.82, 2.24) is 0 Å². The van der Waals surface area contributed by atoms with Crippen molar-refractivity contribution < 1.29 is 13.2 Å². The quantitative estimate of drug-likeness (QED) is 0.819. The van der Waals surface area contributed by atoms with Crippen molar-refractivity contribution in [2.75, 3.05) is 11.4 Å². The normalized spacial score (nSPS) is 17.0. The highest BCUT2D eigenvalue weighted by atomic mass is 32.2. The molecule has 1 aliphatic heterocycles. The fraction of sp³-hybridized carbons (Fsp3) is 0.400. The molecule has 0 aromatic heterocycles. The zero-order chi connectivity index (χ0) is 18.4. The molecule has 0 unspecified atom stereocenters. The van der Waals surface area contributed by atoms with E-state index in [9.17, 15) is 8.42 Å². The summed E-state index contributed by atoms with van der Waals surface area (Å²) in [4.78, 5) is 0.362. The van der Waals surface area contributed by atoms with E-state index in [1.54, 1.807) is 17.5 Å². The maximum Gasteiger partial charge on any atom is 0.264 e. The van der Waals surface area contributed by atoms with Gasteiger partial charge in [0.05, 0.1) is 17.7 Å². The Bertz CT molecular complexity index is 903. The standard InChI is InChI=1S/C20H25NO3S/c1-13(2)17-12-20(14(3)10-19(17)24-5)25(22,23)21-15(4)11-16-8-6-7-9-18(16)21/h6-10,12-13,15H,11H2,1-5H3/t15-/m1/s1. The third kappa shape index (κ3) is 2.91. The Morgan fingerprint density at radius 1 is 1.20 bits per heavy atom. The van der Waals surface area contributed by atoms with E-state index < -0.39 is 10.0 Å². The molecule has 134 valence electrons. The van der Waals surface area contributed by atoms with Crippen LogP contribution in [0.1, 0.15) is 43.4 Å². The van der Waals surface area contributed by atoms with Gasteiger partial charge in [0.2, 0.25) is 0 Å². The molecule has 0 saturated heterocycles.